The van der Waals surface area contributed by atoms with E-state index in [9.17, 15) is 4.79 Å². The first-order chi connectivity index (χ1) is 13.7. The van der Waals surface area contributed by atoms with Gasteiger partial charge in [-0.2, -0.15) is 0 Å². The molecule has 0 aromatic heterocycles. The van der Waals surface area contributed by atoms with E-state index in [0.29, 0.717) is 37.0 Å². The number of carbonyl (C=O) groups excluding carboxylic acids is 1. The Hall–Kier alpha value is -2.60. The highest BCUT2D eigenvalue weighted by Crippen LogP contribution is 2.26. The number of anilines is 1. The standard InChI is InChI=1S/C18H15ClN2O.C4H6O2.ClH/c19-18-14(11-20-15-7-3-1-4-8-15)13-22-17(18)12-21-16-9-5-2-6-10-16;5-4-1-2-6-3-4;/h1-12,21H,13H2;1-3H2;1H. The minimum Gasteiger partial charge on any atom is -1.00 e. The number of halogens is 2. The number of ether oxygens (including phenoxy) is 2. The van der Waals surface area contributed by atoms with Gasteiger partial charge in [0.2, 0.25) is 5.69 Å². The summed E-state index contributed by atoms with van der Waals surface area (Å²) in [5.41, 5.74) is 2.92. The zero-order valence-electron chi connectivity index (χ0n) is 15.7. The summed E-state index contributed by atoms with van der Waals surface area (Å²) in [6, 6.07) is 19.8. The third kappa shape index (κ3) is 7.38. The average molecular weight is 433 g/mol. The van der Waals surface area contributed by atoms with Crippen LogP contribution >= 0.6 is 11.6 Å². The smallest absolute Gasteiger partial charge is 0.203 e. The van der Waals surface area contributed by atoms with Crippen LogP contribution in [-0.4, -0.2) is 31.8 Å². The molecule has 152 valence electrons. The quantitative estimate of drug-likeness (QED) is 0.663. The van der Waals surface area contributed by atoms with Crippen LogP contribution in [0.5, 0.6) is 0 Å². The highest BCUT2D eigenvalue weighted by molar-refractivity contribution is 6.33. The maximum absolute atomic E-state index is 10.1. The molecule has 0 unspecified atom stereocenters. The monoisotopic (exact) mass is 432 g/mol. The van der Waals surface area contributed by atoms with Crippen molar-refractivity contribution in [2.45, 2.75) is 6.42 Å². The first-order valence-electron chi connectivity index (χ1n) is 9.00. The zero-order chi connectivity index (χ0) is 19.6. The van der Waals surface area contributed by atoms with Crippen molar-refractivity contribution >= 4 is 35.0 Å². The van der Waals surface area contributed by atoms with E-state index < -0.39 is 0 Å². The Morgan fingerprint density at radius 3 is 2.28 bits per heavy atom. The summed E-state index contributed by atoms with van der Waals surface area (Å²) in [6.07, 6.45) is 4.28. The van der Waals surface area contributed by atoms with E-state index in [-0.39, 0.29) is 18.2 Å². The summed E-state index contributed by atoms with van der Waals surface area (Å²) in [4.78, 5) is 13.3. The Morgan fingerprint density at radius 2 is 1.69 bits per heavy atom. The molecule has 1 fully saturated rings. The highest BCUT2D eigenvalue weighted by atomic mass is 35.5. The number of Topliss-reactive ketones (excluding diaryl/α,β-unsaturated/α-hetero) is 1. The molecule has 2 heterocycles. The van der Waals surface area contributed by atoms with Gasteiger partial charge in [-0.15, -0.1) is 0 Å². The number of hydrogen-bond acceptors (Lipinski definition) is 4. The lowest BCUT2D eigenvalue weighted by atomic mass is 10.3. The molecule has 4 rings (SSSR count). The molecule has 0 aliphatic carbocycles. The minimum absolute atomic E-state index is 0. The Kier molecular flexibility index (Phi) is 9.44. The Bertz CT molecular complexity index is 873. The number of para-hydroxylation sites is 2. The Labute approximate surface area is 181 Å². The summed E-state index contributed by atoms with van der Waals surface area (Å²) < 4.78 is 10.3. The first-order valence-corrected chi connectivity index (χ1v) is 9.38. The van der Waals surface area contributed by atoms with Crippen molar-refractivity contribution in [3.8, 4) is 0 Å². The molecule has 2 aliphatic heterocycles. The number of carbonyl (C=O) groups is 1. The van der Waals surface area contributed by atoms with Crippen LogP contribution in [0.4, 0.5) is 11.4 Å². The number of rotatable bonds is 4. The van der Waals surface area contributed by atoms with Crippen molar-refractivity contribution in [2.24, 2.45) is 0 Å². The molecule has 0 radical (unpaired) electrons. The molecule has 29 heavy (non-hydrogen) atoms. The summed E-state index contributed by atoms with van der Waals surface area (Å²) >= 11 is 6.35. The van der Waals surface area contributed by atoms with Crippen molar-refractivity contribution < 1.29 is 31.7 Å². The van der Waals surface area contributed by atoms with E-state index in [2.05, 4.69) is 10.3 Å². The molecule has 5 nitrogen and oxygen atoms in total. The third-order valence-corrected chi connectivity index (χ3v) is 4.43. The summed E-state index contributed by atoms with van der Waals surface area (Å²) in [5.74, 6) is 0.877. The van der Waals surface area contributed by atoms with Gasteiger partial charge >= 0.3 is 0 Å². The van der Waals surface area contributed by atoms with E-state index in [1.807, 2.05) is 66.9 Å². The fourth-order valence-electron chi connectivity index (χ4n) is 2.48. The van der Waals surface area contributed by atoms with Gasteiger partial charge in [-0.05, 0) is 12.1 Å². The van der Waals surface area contributed by atoms with Gasteiger partial charge in [-0.1, -0.05) is 48.0 Å². The lowest BCUT2D eigenvalue weighted by Crippen LogP contribution is -3.00. The van der Waals surface area contributed by atoms with Crippen LogP contribution in [-0.2, 0) is 14.3 Å². The molecule has 1 saturated heterocycles. The molecule has 2 aliphatic rings. The lowest BCUT2D eigenvalue weighted by molar-refractivity contribution is -0.347. The van der Waals surface area contributed by atoms with Crippen molar-refractivity contribution in [2.75, 3.05) is 25.1 Å². The Morgan fingerprint density at radius 1 is 1.00 bits per heavy atom. The molecule has 0 saturated carbocycles. The zero-order valence-corrected chi connectivity index (χ0v) is 17.2. The number of hydrogen-bond donors (Lipinski definition) is 2. The van der Waals surface area contributed by atoms with Crippen molar-refractivity contribution in [3.63, 3.8) is 0 Å². The summed E-state index contributed by atoms with van der Waals surface area (Å²) in [7, 11) is 0. The number of ketones is 1. The van der Waals surface area contributed by atoms with Gasteiger partial charge in [-0.3, -0.25) is 4.79 Å². The topological polar surface area (TPSA) is 61.5 Å². The molecular weight excluding hydrogens is 411 g/mol. The van der Waals surface area contributed by atoms with Gasteiger partial charge in [0.1, 0.15) is 13.2 Å². The largest absolute Gasteiger partial charge is 1.00 e. The average Bonchev–Trinajstić information content (AvgIpc) is 3.36. The van der Waals surface area contributed by atoms with Crippen molar-refractivity contribution in [1.82, 2.24) is 0 Å². The predicted octanol–water partition coefficient (Wildman–Crippen LogP) is -0.0741. The summed E-state index contributed by atoms with van der Waals surface area (Å²) in [6.45, 7) is 1.44. The molecule has 0 bridgehead atoms. The summed E-state index contributed by atoms with van der Waals surface area (Å²) in [5, 5.41) is 3.79. The molecule has 0 atom stereocenters. The van der Waals surface area contributed by atoms with E-state index in [4.69, 9.17) is 21.1 Å². The van der Waals surface area contributed by atoms with Crippen LogP contribution in [0.1, 0.15) is 6.42 Å². The highest BCUT2D eigenvalue weighted by Gasteiger charge is 2.20. The fraction of sp³-hybridized carbons (Fsp3) is 0.182. The van der Waals surface area contributed by atoms with Gasteiger partial charge < -0.3 is 27.2 Å². The first kappa shape index (κ1) is 22.7. The van der Waals surface area contributed by atoms with E-state index in [1.165, 1.54) is 0 Å². The van der Waals surface area contributed by atoms with Gasteiger partial charge in [0, 0.05) is 30.4 Å². The van der Waals surface area contributed by atoms with E-state index in [0.717, 1.165) is 16.9 Å². The predicted molar refractivity (Wildman–Crippen MR) is 111 cm³/mol. The van der Waals surface area contributed by atoms with Crippen LogP contribution in [0.3, 0.4) is 0 Å². The van der Waals surface area contributed by atoms with Crippen LogP contribution in [0, 0.1) is 0 Å². The molecule has 0 spiro atoms. The number of allylic oxidation sites excluding steroid dienone is 1. The van der Waals surface area contributed by atoms with Crippen LogP contribution < -0.4 is 22.7 Å². The molecule has 2 aromatic carbocycles. The normalized spacial score (nSPS) is 17.0. The Balaban J connectivity index is 0.000000369. The fourth-order valence-corrected chi connectivity index (χ4v) is 2.70. The van der Waals surface area contributed by atoms with Crippen molar-refractivity contribution in [1.29, 1.82) is 0 Å². The third-order valence-electron chi connectivity index (χ3n) is 4.00. The molecule has 7 heteroatoms. The van der Waals surface area contributed by atoms with Gasteiger partial charge in [0.05, 0.1) is 17.2 Å². The number of nitrogens with one attached hydrogen (secondary N) is 2. The lowest BCUT2D eigenvalue weighted by Gasteiger charge is -2.02. The molecule has 2 N–H and O–H groups in total. The molecular formula is C22H22Cl2N2O3. The maximum atomic E-state index is 10.1. The van der Waals surface area contributed by atoms with Crippen LogP contribution in [0.2, 0.25) is 0 Å². The maximum Gasteiger partial charge on any atom is 0.203 e. The molecule has 0 amide bonds. The molecule has 2 aromatic rings. The second-order valence-corrected chi connectivity index (χ2v) is 6.52. The number of benzene rings is 2. The minimum atomic E-state index is 0. The SMILES string of the molecule is ClC1=C(C=[NH+]c2ccccc2)COC1=CNc1ccccc1.O=C1CCOC1.[Cl-]. The van der Waals surface area contributed by atoms with E-state index >= 15 is 0 Å². The second-order valence-electron chi connectivity index (χ2n) is 6.14. The van der Waals surface area contributed by atoms with Crippen molar-refractivity contribution in [3.05, 3.63) is 83.2 Å². The van der Waals surface area contributed by atoms with Gasteiger partial charge in [0.25, 0.3) is 0 Å². The van der Waals surface area contributed by atoms with E-state index in [1.54, 1.807) is 6.20 Å². The second kappa shape index (κ2) is 12.1. The van der Waals surface area contributed by atoms with Crippen LogP contribution in [0.15, 0.2) is 83.2 Å². The van der Waals surface area contributed by atoms with Gasteiger partial charge in [-0.25, -0.2) is 4.99 Å². The van der Waals surface area contributed by atoms with Crippen LogP contribution in [0.25, 0.3) is 0 Å². The van der Waals surface area contributed by atoms with Gasteiger partial charge in [0.15, 0.2) is 17.8 Å².